The van der Waals surface area contributed by atoms with E-state index < -0.39 is 102 Å². The van der Waals surface area contributed by atoms with Crippen molar-refractivity contribution < 1.29 is 48.6 Å². The second kappa shape index (κ2) is 21.0. The Balaban J connectivity index is 6.12. The summed E-state index contributed by atoms with van der Waals surface area (Å²) in [5, 5.41) is 30.7. The molecule has 0 spiro atoms. The van der Waals surface area contributed by atoms with Crippen molar-refractivity contribution in [3.8, 4) is 0 Å². The highest BCUT2D eigenvalue weighted by molar-refractivity contribution is 7.98. The Kier molecular flexibility index (Phi) is 19.2. The molecular weight excluding hydrogens is 626 g/mol. The molecule has 0 fully saturated rings. The number of hydrogen-bond donors (Lipinski definition) is 9. The van der Waals surface area contributed by atoms with Crippen LogP contribution in [0, 0.1) is 18.8 Å². The van der Waals surface area contributed by atoms with Gasteiger partial charge in [-0.15, -0.1) is 0 Å². The lowest BCUT2D eigenvalue weighted by Crippen LogP contribution is -2.61. The Labute approximate surface area is 272 Å². The minimum Gasteiger partial charge on any atom is -0.481 e. The van der Waals surface area contributed by atoms with E-state index in [2.05, 4.69) is 33.5 Å². The minimum atomic E-state index is -1.67. The molecule has 7 atom stereocenters. The fourth-order valence-corrected chi connectivity index (χ4v) is 4.50. The minimum absolute atomic E-state index is 0.0522. The van der Waals surface area contributed by atoms with E-state index in [0.717, 1.165) is 0 Å². The van der Waals surface area contributed by atoms with Crippen molar-refractivity contribution in [2.75, 3.05) is 12.0 Å². The fourth-order valence-electron chi connectivity index (χ4n) is 4.03. The first kappa shape index (κ1) is 42.1. The second-order valence-corrected chi connectivity index (χ2v) is 12.2. The molecular formula is C28H48N7O10S-. The van der Waals surface area contributed by atoms with Gasteiger partial charge in [0.1, 0.15) is 30.2 Å². The molecule has 0 aromatic carbocycles. The van der Waals surface area contributed by atoms with E-state index >= 15 is 0 Å². The maximum absolute atomic E-state index is 13.5. The van der Waals surface area contributed by atoms with Gasteiger partial charge in [0.05, 0.1) is 12.8 Å². The SMILES string of the molecule is [CH2-][C@H](N)C(=O)N[C@@H](CC(N)=O)C(=O)N[C@@H](CC(C)C)C(=O)N[C@H](C(=O)N[C@@H](CC(=O)O)C(=O)N[C@@H](CCSC)C(=O)O)[C@@H](C)CC. The average molecular weight is 675 g/mol. The third-order valence-corrected chi connectivity index (χ3v) is 7.39. The summed E-state index contributed by atoms with van der Waals surface area (Å²) in [6, 6.07) is -8.32. The van der Waals surface area contributed by atoms with Crippen molar-refractivity contribution in [1.29, 1.82) is 0 Å². The van der Waals surface area contributed by atoms with Crippen molar-refractivity contribution in [1.82, 2.24) is 26.6 Å². The number of nitrogens with one attached hydrogen (secondary N) is 5. The third-order valence-electron chi connectivity index (χ3n) is 6.75. The van der Waals surface area contributed by atoms with Gasteiger partial charge in [0.15, 0.2) is 0 Å². The highest BCUT2D eigenvalue weighted by atomic mass is 32.2. The van der Waals surface area contributed by atoms with Crippen LogP contribution in [-0.4, -0.2) is 106 Å². The van der Waals surface area contributed by atoms with Crippen LogP contribution in [0.5, 0.6) is 0 Å². The predicted octanol–water partition coefficient (Wildman–Crippen LogP) is -2.15. The molecule has 0 rings (SSSR count). The Morgan fingerprint density at radius 3 is 1.65 bits per heavy atom. The molecule has 0 aliphatic heterocycles. The van der Waals surface area contributed by atoms with Gasteiger partial charge >= 0.3 is 11.9 Å². The molecule has 0 aliphatic carbocycles. The van der Waals surface area contributed by atoms with E-state index in [9.17, 15) is 48.6 Å². The number of carbonyl (C=O) groups excluding carboxylic acids is 6. The van der Waals surface area contributed by atoms with Gasteiger partial charge in [0, 0.05) is 0 Å². The maximum atomic E-state index is 13.5. The molecule has 46 heavy (non-hydrogen) atoms. The molecule has 0 radical (unpaired) electrons. The number of hydrogen-bond acceptors (Lipinski definition) is 10. The predicted molar refractivity (Wildman–Crippen MR) is 169 cm³/mol. The summed E-state index contributed by atoms with van der Waals surface area (Å²) in [6.45, 7) is 10.2. The zero-order chi connectivity index (χ0) is 35.7. The zero-order valence-electron chi connectivity index (χ0n) is 26.8. The van der Waals surface area contributed by atoms with E-state index in [-0.39, 0.29) is 18.8 Å². The monoisotopic (exact) mass is 674 g/mol. The van der Waals surface area contributed by atoms with E-state index in [1.807, 2.05) is 0 Å². The third kappa shape index (κ3) is 15.9. The number of amides is 6. The van der Waals surface area contributed by atoms with Gasteiger partial charge in [-0.2, -0.15) is 11.8 Å². The van der Waals surface area contributed by atoms with Crippen molar-refractivity contribution in [3.05, 3.63) is 6.92 Å². The zero-order valence-corrected chi connectivity index (χ0v) is 27.6. The first-order valence-electron chi connectivity index (χ1n) is 14.7. The van der Waals surface area contributed by atoms with Crippen LogP contribution in [0.15, 0.2) is 0 Å². The molecule has 0 aliphatic rings. The highest BCUT2D eigenvalue weighted by Gasteiger charge is 2.35. The van der Waals surface area contributed by atoms with Crippen molar-refractivity contribution in [3.63, 3.8) is 0 Å². The first-order chi connectivity index (χ1) is 21.3. The summed E-state index contributed by atoms with van der Waals surface area (Å²) < 4.78 is 0. The summed E-state index contributed by atoms with van der Waals surface area (Å²) in [5.74, 6) is -8.57. The molecule has 18 heteroatoms. The van der Waals surface area contributed by atoms with Crippen LogP contribution in [0.4, 0.5) is 0 Å². The van der Waals surface area contributed by atoms with Gasteiger partial charge < -0.3 is 55.2 Å². The van der Waals surface area contributed by atoms with Gasteiger partial charge in [0.25, 0.3) is 0 Å². The number of carboxylic acid groups (broad SMARTS) is 2. The van der Waals surface area contributed by atoms with Crippen LogP contribution in [-0.2, 0) is 38.4 Å². The summed E-state index contributed by atoms with van der Waals surface area (Å²) in [4.78, 5) is 99.6. The molecule has 0 heterocycles. The summed E-state index contributed by atoms with van der Waals surface area (Å²) >= 11 is 1.34. The van der Waals surface area contributed by atoms with Gasteiger partial charge in [-0.25, -0.2) is 4.79 Å². The standard InChI is InChI=1S/C28H48N7O10S/c1-7-14(4)22(27(43)34-19(12-21(37)38)25(41)31-16(28(44)45)8-9-46-6)35-26(42)17(10-13(2)3)33-24(40)18(11-20(30)36)32-23(39)15(5)29/h13-19,22H,5,7-12,29H2,1-4,6H3,(H2,30,36)(H,31,41)(H,32,39)(H,33,40)(H,34,43)(H,35,42)(H,37,38)(H,44,45)/q-1/t14-,15-,16-,17-,18-,19-,22-/m0/s1. The molecule has 0 saturated carbocycles. The van der Waals surface area contributed by atoms with Crippen LogP contribution in [0.25, 0.3) is 0 Å². The molecule has 262 valence electrons. The lowest BCUT2D eigenvalue weighted by atomic mass is 9.96. The topological polar surface area (TPSA) is 289 Å². The van der Waals surface area contributed by atoms with Crippen LogP contribution in [0.1, 0.15) is 59.8 Å². The molecule has 6 amide bonds. The van der Waals surface area contributed by atoms with Gasteiger partial charge in [-0.1, -0.05) is 34.1 Å². The fraction of sp³-hybridized carbons (Fsp3) is 0.679. The Hall–Kier alpha value is -3.93. The van der Waals surface area contributed by atoms with Gasteiger partial charge in [-0.3, -0.25) is 33.6 Å². The van der Waals surface area contributed by atoms with Crippen LogP contribution < -0.4 is 38.1 Å². The molecule has 0 aromatic heterocycles. The molecule has 0 aromatic rings. The molecule has 0 unspecified atom stereocenters. The van der Waals surface area contributed by atoms with E-state index in [1.165, 1.54) is 11.8 Å². The first-order valence-corrected chi connectivity index (χ1v) is 16.1. The largest absolute Gasteiger partial charge is 0.481 e. The normalized spacial score (nSPS) is 15.6. The number of carbonyl (C=O) groups is 8. The van der Waals surface area contributed by atoms with E-state index in [1.54, 1.807) is 34.0 Å². The van der Waals surface area contributed by atoms with E-state index in [4.69, 9.17) is 11.5 Å². The highest BCUT2D eigenvalue weighted by Crippen LogP contribution is 2.12. The smallest absolute Gasteiger partial charge is 0.326 e. The number of nitrogens with two attached hydrogens (primary N) is 2. The average Bonchev–Trinajstić information content (AvgIpc) is 2.95. The maximum Gasteiger partial charge on any atom is 0.326 e. The Morgan fingerprint density at radius 1 is 0.739 bits per heavy atom. The summed E-state index contributed by atoms with van der Waals surface area (Å²) in [7, 11) is 0. The quantitative estimate of drug-likeness (QED) is 0.0556. The van der Waals surface area contributed by atoms with Crippen molar-refractivity contribution in [2.45, 2.75) is 96.1 Å². The van der Waals surface area contributed by atoms with Crippen LogP contribution >= 0.6 is 11.8 Å². The Morgan fingerprint density at radius 2 is 1.22 bits per heavy atom. The molecule has 0 bridgehead atoms. The second-order valence-electron chi connectivity index (χ2n) is 11.2. The number of aliphatic carboxylic acids is 2. The lowest BCUT2D eigenvalue weighted by Gasteiger charge is -2.29. The molecule has 0 saturated heterocycles. The van der Waals surface area contributed by atoms with Crippen LogP contribution in [0.2, 0.25) is 0 Å². The molecule has 11 N–H and O–H groups in total. The number of carboxylic acids is 2. The van der Waals surface area contributed by atoms with Crippen LogP contribution in [0.3, 0.4) is 0 Å². The van der Waals surface area contributed by atoms with Crippen molar-refractivity contribution >= 4 is 59.1 Å². The Bertz CT molecular complexity index is 1100. The summed E-state index contributed by atoms with van der Waals surface area (Å²) in [6.07, 6.45) is 0.732. The number of rotatable bonds is 22. The number of thioether (sulfide) groups is 1. The van der Waals surface area contributed by atoms with Gasteiger partial charge in [-0.05, 0) is 42.7 Å². The lowest BCUT2D eigenvalue weighted by molar-refractivity contribution is -0.144. The van der Waals surface area contributed by atoms with Crippen molar-refractivity contribution in [2.24, 2.45) is 23.3 Å². The number of primary amides is 1. The summed E-state index contributed by atoms with van der Waals surface area (Å²) in [5.41, 5.74) is 10.7. The van der Waals surface area contributed by atoms with Gasteiger partial charge in [0.2, 0.25) is 35.4 Å². The van der Waals surface area contributed by atoms with E-state index in [0.29, 0.717) is 12.2 Å². The molecule has 17 nitrogen and oxygen atoms in total.